The van der Waals surface area contributed by atoms with Crippen LogP contribution in [0.1, 0.15) is 43.7 Å². The lowest BCUT2D eigenvalue weighted by Gasteiger charge is -2.12. The molecular formula is C15H22ClNO3. The van der Waals surface area contributed by atoms with Gasteiger partial charge >= 0.3 is 6.09 Å². The Morgan fingerprint density at radius 1 is 1.35 bits per heavy atom. The lowest BCUT2D eigenvalue weighted by Crippen LogP contribution is -2.14. The van der Waals surface area contributed by atoms with E-state index in [1.54, 1.807) is 6.07 Å². The number of benzene rings is 1. The molecule has 112 valence electrons. The molecule has 1 rings (SSSR count). The fourth-order valence-electron chi connectivity index (χ4n) is 1.80. The number of amides is 1. The molecule has 1 amide bonds. The maximum Gasteiger partial charge on any atom is 0.411 e. The molecule has 0 unspecified atom stereocenters. The van der Waals surface area contributed by atoms with Gasteiger partial charge in [-0.05, 0) is 37.5 Å². The molecule has 0 radical (unpaired) electrons. The van der Waals surface area contributed by atoms with Gasteiger partial charge in [0.2, 0.25) is 0 Å². The van der Waals surface area contributed by atoms with E-state index in [9.17, 15) is 9.90 Å². The number of nitrogens with one attached hydrogen (secondary N) is 1. The predicted octanol–water partition coefficient (Wildman–Crippen LogP) is 4.79. The van der Waals surface area contributed by atoms with Gasteiger partial charge in [0.15, 0.2) is 5.75 Å². The molecule has 1 aromatic carbocycles. The minimum absolute atomic E-state index is 0.127. The number of ether oxygens (including phenoxy) is 1. The molecule has 5 heteroatoms. The summed E-state index contributed by atoms with van der Waals surface area (Å²) < 4.78 is 5.05. The number of carbonyl (C=O) groups excluding carboxylic acids is 1. The minimum Gasteiger partial charge on any atom is -0.504 e. The molecule has 0 fully saturated rings. The van der Waals surface area contributed by atoms with Crippen LogP contribution < -0.4 is 5.32 Å². The molecule has 0 aliphatic carbocycles. The first-order chi connectivity index (χ1) is 9.47. The fraction of sp³-hybridized carbons (Fsp3) is 0.533. The highest BCUT2D eigenvalue weighted by atomic mass is 35.5. The summed E-state index contributed by atoms with van der Waals surface area (Å²) in [4.78, 5) is 11.6. The summed E-state index contributed by atoms with van der Waals surface area (Å²) in [6.07, 6.45) is 3.60. The molecule has 0 aliphatic heterocycles. The Morgan fingerprint density at radius 3 is 2.70 bits per heavy atom. The standard InChI is InChI=1S/C15H22ClNO3/c1-4-5-6-7-8-20-15(19)17-12-9-10(2)11(3)13(16)14(12)18/h9,18H,4-8H2,1-3H3,(H,17,19). The van der Waals surface area contributed by atoms with E-state index in [2.05, 4.69) is 12.2 Å². The summed E-state index contributed by atoms with van der Waals surface area (Å²) in [7, 11) is 0. The molecule has 0 aromatic heterocycles. The van der Waals surface area contributed by atoms with Crippen molar-refractivity contribution in [1.29, 1.82) is 0 Å². The van der Waals surface area contributed by atoms with Gasteiger partial charge in [-0.15, -0.1) is 0 Å². The van der Waals surface area contributed by atoms with Crippen LogP contribution in [0.25, 0.3) is 0 Å². The lowest BCUT2D eigenvalue weighted by molar-refractivity contribution is 0.159. The van der Waals surface area contributed by atoms with Crippen LogP contribution in [0.4, 0.5) is 10.5 Å². The summed E-state index contributed by atoms with van der Waals surface area (Å²) in [5, 5.41) is 12.7. The van der Waals surface area contributed by atoms with E-state index in [4.69, 9.17) is 16.3 Å². The molecule has 0 heterocycles. The van der Waals surface area contributed by atoms with Crippen molar-refractivity contribution in [3.8, 4) is 5.75 Å². The van der Waals surface area contributed by atoms with Crippen molar-refractivity contribution in [2.45, 2.75) is 46.5 Å². The molecule has 1 aromatic rings. The smallest absolute Gasteiger partial charge is 0.411 e. The first-order valence-corrected chi connectivity index (χ1v) is 7.27. The summed E-state index contributed by atoms with van der Waals surface area (Å²) in [6.45, 7) is 6.18. The molecule has 4 nitrogen and oxygen atoms in total. The maximum absolute atomic E-state index is 11.6. The molecule has 0 spiro atoms. The highest BCUT2D eigenvalue weighted by Gasteiger charge is 2.14. The molecule has 0 atom stereocenters. The number of anilines is 1. The number of phenolic OH excluding ortho intramolecular Hbond substituents is 1. The third-order valence-electron chi connectivity index (χ3n) is 3.21. The highest BCUT2D eigenvalue weighted by molar-refractivity contribution is 6.33. The number of hydrogen-bond donors (Lipinski definition) is 2. The number of hydrogen-bond acceptors (Lipinski definition) is 3. The van der Waals surface area contributed by atoms with Crippen LogP contribution in [0, 0.1) is 13.8 Å². The van der Waals surface area contributed by atoms with Crippen LogP contribution in [-0.4, -0.2) is 17.8 Å². The minimum atomic E-state index is -0.573. The number of rotatable bonds is 6. The zero-order valence-electron chi connectivity index (χ0n) is 12.3. The summed E-state index contributed by atoms with van der Waals surface area (Å²) >= 11 is 5.99. The average Bonchev–Trinajstić information content (AvgIpc) is 2.42. The van der Waals surface area contributed by atoms with Gasteiger partial charge in [0.25, 0.3) is 0 Å². The van der Waals surface area contributed by atoms with Crippen LogP contribution in [0.15, 0.2) is 6.07 Å². The van der Waals surface area contributed by atoms with Gasteiger partial charge in [-0.25, -0.2) is 4.79 Å². The van der Waals surface area contributed by atoms with Crippen LogP contribution in [0.2, 0.25) is 5.02 Å². The normalized spacial score (nSPS) is 10.4. The van der Waals surface area contributed by atoms with E-state index < -0.39 is 6.09 Å². The zero-order valence-corrected chi connectivity index (χ0v) is 13.0. The molecular weight excluding hydrogens is 278 g/mol. The monoisotopic (exact) mass is 299 g/mol. The number of aromatic hydroxyl groups is 1. The second-order valence-electron chi connectivity index (χ2n) is 4.85. The molecule has 20 heavy (non-hydrogen) atoms. The Bertz CT molecular complexity index is 475. The van der Waals surface area contributed by atoms with Crippen molar-refractivity contribution in [2.75, 3.05) is 11.9 Å². The van der Waals surface area contributed by atoms with Crippen molar-refractivity contribution in [3.63, 3.8) is 0 Å². The second kappa shape index (κ2) is 8.00. The molecule has 2 N–H and O–H groups in total. The van der Waals surface area contributed by atoms with Crippen molar-refractivity contribution in [2.24, 2.45) is 0 Å². The number of halogens is 1. The van der Waals surface area contributed by atoms with Crippen molar-refractivity contribution < 1.29 is 14.6 Å². The van der Waals surface area contributed by atoms with Gasteiger partial charge in [-0.3, -0.25) is 5.32 Å². The lowest BCUT2D eigenvalue weighted by atomic mass is 10.1. The first-order valence-electron chi connectivity index (χ1n) is 6.89. The zero-order chi connectivity index (χ0) is 15.1. The van der Waals surface area contributed by atoms with Gasteiger partial charge in [0.1, 0.15) is 0 Å². The Hall–Kier alpha value is -1.42. The van der Waals surface area contributed by atoms with Crippen molar-refractivity contribution in [3.05, 3.63) is 22.2 Å². The van der Waals surface area contributed by atoms with Gasteiger partial charge in [-0.2, -0.15) is 0 Å². The first kappa shape index (κ1) is 16.6. The van der Waals surface area contributed by atoms with Crippen LogP contribution >= 0.6 is 11.6 Å². The van der Waals surface area contributed by atoms with Gasteiger partial charge < -0.3 is 9.84 Å². The van der Waals surface area contributed by atoms with Crippen LogP contribution in [0.5, 0.6) is 5.75 Å². The molecule has 0 saturated carbocycles. The fourth-order valence-corrected chi connectivity index (χ4v) is 2.05. The van der Waals surface area contributed by atoms with E-state index in [0.717, 1.165) is 36.8 Å². The summed E-state index contributed by atoms with van der Waals surface area (Å²) in [5.41, 5.74) is 1.96. The highest BCUT2D eigenvalue weighted by Crippen LogP contribution is 2.36. The van der Waals surface area contributed by atoms with E-state index in [-0.39, 0.29) is 16.5 Å². The van der Waals surface area contributed by atoms with Crippen molar-refractivity contribution >= 4 is 23.4 Å². The second-order valence-corrected chi connectivity index (χ2v) is 5.23. The van der Waals surface area contributed by atoms with Crippen LogP contribution in [0.3, 0.4) is 0 Å². The Labute approximate surface area is 125 Å². The topological polar surface area (TPSA) is 58.6 Å². The largest absolute Gasteiger partial charge is 0.504 e. The third-order valence-corrected chi connectivity index (χ3v) is 3.67. The SMILES string of the molecule is CCCCCCOC(=O)Nc1cc(C)c(C)c(Cl)c1O. The molecule has 0 saturated heterocycles. The van der Waals surface area contributed by atoms with E-state index in [1.807, 2.05) is 13.8 Å². The van der Waals surface area contributed by atoms with Gasteiger partial charge in [0.05, 0.1) is 17.3 Å². The Morgan fingerprint density at radius 2 is 2.05 bits per heavy atom. The Balaban J connectivity index is 2.54. The third kappa shape index (κ3) is 4.60. The number of aryl methyl sites for hydroxylation is 1. The van der Waals surface area contributed by atoms with E-state index in [1.165, 1.54) is 0 Å². The summed E-state index contributed by atoms with van der Waals surface area (Å²) in [6, 6.07) is 1.68. The molecule has 0 aliphatic rings. The van der Waals surface area contributed by atoms with Gasteiger partial charge in [0, 0.05) is 0 Å². The van der Waals surface area contributed by atoms with Crippen molar-refractivity contribution in [1.82, 2.24) is 0 Å². The number of phenols is 1. The van der Waals surface area contributed by atoms with Gasteiger partial charge in [-0.1, -0.05) is 37.8 Å². The summed E-state index contributed by atoms with van der Waals surface area (Å²) in [5.74, 6) is -0.127. The van der Waals surface area contributed by atoms with Crippen LogP contribution in [-0.2, 0) is 4.74 Å². The number of carbonyl (C=O) groups is 1. The van der Waals surface area contributed by atoms with E-state index in [0.29, 0.717) is 6.61 Å². The predicted molar refractivity (Wildman–Crippen MR) is 81.7 cm³/mol. The van der Waals surface area contributed by atoms with E-state index >= 15 is 0 Å². The average molecular weight is 300 g/mol. The maximum atomic E-state index is 11.6. The Kier molecular flexibility index (Phi) is 6.65. The molecule has 0 bridgehead atoms. The number of unbranched alkanes of at least 4 members (excludes halogenated alkanes) is 3. The quantitative estimate of drug-likeness (QED) is 0.586.